The second-order valence-corrected chi connectivity index (χ2v) is 6.79. The van der Waals surface area contributed by atoms with Crippen molar-refractivity contribution in [1.29, 1.82) is 0 Å². The number of aryl methyl sites for hydroxylation is 1. The number of pyridine rings is 1. The minimum Gasteiger partial charge on any atom is -0.355 e. The van der Waals surface area contributed by atoms with Crippen molar-refractivity contribution in [3.63, 3.8) is 0 Å². The van der Waals surface area contributed by atoms with Gasteiger partial charge in [0.05, 0.1) is 16.8 Å². The molecule has 0 aliphatic heterocycles. The van der Waals surface area contributed by atoms with E-state index < -0.39 is 29.4 Å². The molecule has 0 fully saturated rings. The number of carbonyl (C=O) groups excluding carboxylic acids is 2. The number of nitrogens with zero attached hydrogens (tertiary/aromatic N) is 1. The summed E-state index contributed by atoms with van der Waals surface area (Å²) in [6, 6.07) is 10.5. The van der Waals surface area contributed by atoms with Crippen LogP contribution in [0.4, 0.5) is 34.8 Å². The summed E-state index contributed by atoms with van der Waals surface area (Å²) in [5.41, 5.74) is -0.0196. The van der Waals surface area contributed by atoms with Crippen molar-refractivity contribution in [3.05, 3.63) is 82.8 Å². The highest BCUT2D eigenvalue weighted by Gasteiger charge is 2.34. The number of rotatable bonds is 5. The number of alkyl halides is 3. The van der Waals surface area contributed by atoms with Crippen molar-refractivity contribution < 1.29 is 27.2 Å². The van der Waals surface area contributed by atoms with Gasteiger partial charge in [0.25, 0.3) is 11.8 Å². The van der Waals surface area contributed by atoms with E-state index in [1.54, 1.807) is 12.1 Å². The van der Waals surface area contributed by atoms with Crippen LogP contribution in [0.2, 0.25) is 0 Å². The molecule has 3 aromatic rings. The molecule has 0 atom stereocenters. The Balaban J connectivity index is 1.96. The number of hydrogen-bond acceptors (Lipinski definition) is 4. The summed E-state index contributed by atoms with van der Waals surface area (Å²) in [6.45, 7) is 1.85. The highest BCUT2D eigenvalue weighted by molar-refractivity contribution is 6.07. The molecule has 1 heterocycles. The summed E-state index contributed by atoms with van der Waals surface area (Å²) >= 11 is 0. The van der Waals surface area contributed by atoms with E-state index in [-0.39, 0.29) is 22.6 Å². The van der Waals surface area contributed by atoms with E-state index in [1.165, 1.54) is 19.3 Å². The molecule has 32 heavy (non-hydrogen) atoms. The normalized spacial score (nSPS) is 11.1. The third-order valence-corrected chi connectivity index (χ3v) is 4.56. The largest absolute Gasteiger partial charge is 0.419 e. The summed E-state index contributed by atoms with van der Waals surface area (Å²) in [6.07, 6.45) is -3.58. The second kappa shape index (κ2) is 9.04. The van der Waals surface area contributed by atoms with Crippen molar-refractivity contribution in [3.8, 4) is 0 Å². The van der Waals surface area contributed by atoms with Crippen molar-refractivity contribution in [1.82, 2.24) is 10.3 Å². The number of para-hydroxylation sites is 1. The van der Waals surface area contributed by atoms with Gasteiger partial charge < -0.3 is 16.0 Å². The Kier molecular flexibility index (Phi) is 6.42. The molecule has 0 unspecified atom stereocenters. The van der Waals surface area contributed by atoms with Gasteiger partial charge in [-0.2, -0.15) is 13.2 Å². The van der Waals surface area contributed by atoms with Crippen LogP contribution in [0.5, 0.6) is 0 Å². The molecule has 6 nitrogen and oxygen atoms in total. The molecule has 2 amide bonds. The van der Waals surface area contributed by atoms with Crippen LogP contribution in [-0.2, 0) is 6.18 Å². The van der Waals surface area contributed by atoms with Crippen LogP contribution in [0.25, 0.3) is 0 Å². The predicted molar refractivity (Wildman–Crippen MR) is 111 cm³/mol. The lowest BCUT2D eigenvalue weighted by Crippen LogP contribution is -2.20. The van der Waals surface area contributed by atoms with Gasteiger partial charge in [-0.05, 0) is 42.8 Å². The average molecular weight is 446 g/mol. The number of aromatic nitrogens is 1. The maximum atomic E-state index is 13.9. The van der Waals surface area contributed by atoms with Crippen LogP contribution in [0.1, 0.15) is 31.8 Å². The molecule has 1 aromatic heterocycles. The fourth-order valence-corrected chi connectivity index (χ4v) is 2.85. The lowest BCUT2D eigenvalue weighted by atomic mass is 10.1. The van der Waals surface area contributed by atoms with Gasteiger partial charge in [-0.1, -0.05) is 18.2 Å². The van der Waals surface area contributed by atoms with Crippen LogP contribution >= 0.6 is 0 Å². The molecule has 0 saturated heterocycles. The first-order valence-corrected chi connectivity index (χ1v) is 9.33. The van der Waals surface area contributed by atoms with Gasteiger partial charge in [-0.25, -0.2) is 9.37 Å². The number of halogens is 4. The standard InChI is InChI=1S/C22H18F4N4O2/c1-12-5-3-4-6-17(12)29-19-18(10-14(11-28-19)20(31)27-2)30-21(32)13-7-8-15(16(23)9-13)22(24,25)26/h3-11H,1-2H3,(H,27,31)(H,28,29)(H,30,32). The van der Waals surface area contributed by atoms with Crippen LogP contribution in [0, 0.1) is 12.7 Å². The fourth-order valence-electron chi connectivity index (χ4n) is 2.85. The van der Waals surface area contributed by atoms with Crippen LogP contribution in [0.15, 0.2) is 54.7 Å². The smallest absolute Gasteiger partial charge is 0.355 e. The van der Waals surface area contributed by atoms with Crippen LogP contribution < -0.4 is 16.0 Å². The molecule has 0 bridgehead atoms. The van der Waals surface area contributed by atoms with Crippen molar-refractivity contribution in [2.75, 3.05) is 17.7 Å². The highest BCUT2D eigenvalue weighted by atomic mass is 19.4. The Morgan fingerprint density at radius 3 is 2.28 bits per heavy atom. The fraction of sp³-hybridized carbons (Fsp3) is 0.136. The number of anilines is 3. The maximum absolute atomic E-state index is 13.9. The zero-order chi connectivity index (χ0) is 23.5. The Hall–Kier alpha value is -3.95. The number of carbonyl (C=O) groups is 2. The number of hydrogen-bond donors (Lipinski definition) is 3. The first-order valence-electron chi connectivity index (χ1n) is 9.33. The van der Waals surface area contributed by atoms with E-state index in [0.29, 0.717) is 17.8 Å². The molecule has 0 aliphatic rings. The Bertz CT molecular complexity index is 1180. The number of benzene rings is 2. The molecule has 0 radical (unpaired) electrons. The lowest BCUT2D eigenvalue weighted by molar-refractivity contribution is -0.140. The van der Waals surface area contributed by atoms with Crippen molar-refractivity contribution in [2.45, 2.75) is 13.1 Å². The lowest BCUT2D eigenvalue weighted by Gasteiger charge is -2.15. The molecular weight excluding hydrogens is 428 g/mol. The minimum absolute atomic E-state index is 0.0830. The van der Waals surface area contributed by atoms with Crippen molar-refractivity contribution >= 4 is 29.0 Å². The average Bonchev–Trinajstić information content (AvgIpc) is 2.74. The molecule has 0 spiro atoms. The van der Waals surface area contributed by atoms with Crippen LogP contribution in [0.3, 0.4) is 0 Å². The third-order valence-electron chi connectivity index (χ3n) is 4.56. The maximum Gasteiger partial charge on any atom is 0.419 e. The van der Waals surface area contributed by atoms with Gasteiger partial charge in [0.15, 0.2) is 5.82 Å². The Labute approximate surface area is 180 Å². The quantitative estimate of drug-likeness (QED) is 0.487. The van der Waals surface area contributed by atoms with Gasteiger partial charge in [-0.15, -0.1) is 0 Å². The molecular formula is C22H18F4N4O2. The summed E-state index contributed by atoms with van der Waals surface area (Å²) < 4.78 is 52.2. The molecule has 0 saturated carbocycles. The minimum atomic E-state index is -4.88. The summed E-state index contributed by atoms with van der Waals surface area (Å²) in [5, 5.41) is 7.95. The van der Waals surface area contributed by atoms with Gasteiger partial charge in [-0.3, -0.25) is 9.59 Å². The van der Waals surface area contributed by atoms with E-state index in [0.717, 1.165) is 11.6 Å². The van der Waals surface area contributed by atoms with Gasteiger partial charge in [0.2, 0.25) is 0 Å². The molecule has 3 rings (SSSR count). The van der Waals surface area contributed by atoms with Gasteiger partial charge in [0.1, 0.15) is 5.82 Å². The van der Waals surface area contributed by atoms with Gasteiger partial charge >= 0.3 is 6.18 Å². The molecule has 10 heteroatoms. The van der Waals surface area contributed by atoms with E-state index >= 15 is 0 Å². The Morgan fingerprint density at radius 2 is 1.66 bits per heavy atom. The first kappa shape index (κ1) is 22.7. The highest BCUT2D eigenvalue weighted by Crippen LogP contribution is 2.32. The second-order valence-electron chi connectivity index (χ2n) is 6.79. The topological polar surface area (TPSA) is 83.1 Å². The van der Waals surface area contributed by atoms with E-state index in [1.807, 2.05) is 19.1 Å². The Morgan fingerprint density at radius 1 is 0.938 bits per heavy atom. The first-order chi connectivity index (χ1) is 15.1. The molecule has 3 N–H and O–H groups in total. The zero-order valence-electron chi connectivity index (χ0n) is 17.0. The molecule has 166 valence electrons. The number of amides is 2. The van der Waals surface area contributed by atoms with Crippen molar-refractivity contribution in [2.24, 2.45) is 0 Å². The van der Waals surface area contributed by atoms with E-state index in [9.17, 15) is 27.2 Å². The zero-order valence-corrected chi connectivity index (χ0v) is 17.0. The SMILES string of the molecule is CNC(=O)c1cnc(Nc2ccccc2C)c(NC(=O)c2ccc(C(F)(F)F)c(F)c2)c1. The third kappa shape index (κ3) is 5.02. The molecule has 2 aromatic carbocycles. The summed E-state index contributed by atoms with van der Waals surface area (Å²) in [4.78, 5) is 28.8. The van der Waals surface area contributed by atoms with E-state index in [4.69, 9.17) is 0 Å². The van der Waals surface area contributed by atoms with Crippen LogP contribution in [-0.4, -0.2) is 23.8 Å². The number of nitrogens with one attached hydrogen (secondary N) is 3. The predicted octanol–water partition coefficient (Wildman–Crippen LogP) is 4.90. The summed E-state index contributed by atoms with van der Waals surface area (Å²) in [7, 11) is 1.42. The molecule has 0 aliphatic carbocycles. The monoisotopic (exact) mass is 446 g/mol. The van der Waals surface area contributed by atoms with Gasteiger partial charge in [0, 0.05) is 24.5 Å². The van der Waals surface area contributed by atoms with E-state index in [2.05, 4.69) is 20.9 Å². The summed E-state index contributed by atoms with van der Waals surface area (Å²) in [5.74, 6) is -2.72.